The molecule has 1 N–H and O–H groups in total. The van der Waals surface area contributed by atoms with E-state index in [1.54, 1.807) is 13.4 Å². The Morgan fingerprint density at radius 3 is 2.66 bits per heavy atom. The van der Waals surface area contributed by atoms with Gasteiger partial charge in [0, 0.05) is 38.1 Å². The second kappa shape index (κ2) is 10.3. The van der Waals surface area contributed by atoms with Gasteiger partial charge in [-0.2, -0.15) is 0 Å². The van der Waals surface area contributed by atoms with Gasteiger partial charge >= 0.3 is 0 Å². The Kier molecular flexibility index (Phi) is 7.48. The van der Waals surface area contributed by atoms with Crippen LogP contribution in [0.1, 0.15) is 6.92 Å². The molecule has 1 aromatic carbocycles. The molecule has 0 aliphatic carbocycles. The first-order valence-corrected chi connectivity index (χ1v) is 10.5. The Balaban J connectivity index is 1.44. The third-order valence-corrected chi connectivity index (χ3v) is 5.54. The second-order valence-corrected chi connectivity index (χ2v) is 7.57. The van der Waals surface area contributed by atoms with Crippen LogP contribution >= 0.6 is 11.8 Å². The number of aromatic nitrogens is 3. The van der Waals surface area contributed by atoms with Gasteiger partial charge in [-0.1, -0.05) is 11.8 Å². The zero-order chi connectivity index (χ0) is 20.6. The molecular formula is C19H26N6O3S. The van der Waals surface area contributed by atoms with Crippen LogP contribution in [0.5, 0.6) is 0 Å². The Labute approximate surface area is 174 Å². The summed E-state index contributed by atoms with van der Waals surface area (Å²) < 4.78 is 7.23. The molecule has 29 heavy (non-hydrogen) atoms. The van der Waals surface area contributed by atoms with Crippen molar-refractivity contribution in [3.8, 4) is 0 Å². The van der Waals surface area contributed by atoms with Crippen LogP contribution < -0.4 is 10.2 Å². The molecule has 3 rings (SSSR count). The quantitative estimate of drug-likeness (QED) is 0.647. The van der Waals surface area contributed by atoms with Gasteiger partial charge in [-0.3, -0.25) is 9.59 Å². The maximum atomic E-state index is 12.3. The predicted molar refractivity (Wildman–Crippen MR) is 112 cm³/mol. The summed E-state index contributed by atoms with van der Waals surface area (Å²) in [7, 11) is 1.62. The van der Waals surface area contributed by atoms with Crippen LogP contribution in [-0.4, -0.2) is 77.1 Å². The van der Waals surface area contributed by atoms with E-state index in [0.29, 0.717) is 10.8 Å². The minimum Gasteiger partial charge on any atom is -0.378 e. The summed E-state index contributed by atoms with van der Waals surface area (Å²) in [5.41, 5.74) is 1.81. The van der Waals surface area contributed by atoms with Crippen molar-refractivity contribution in [2.24, 2.45) is 0 Å². The molecule has 9 nitrogen and oxygen atoms in total. The highest BCUT2D eigenvalue weighted by Gasteiger charge is 2.16. The fourth-order valence-electron chi connectivity index (χ4n) is 2.89. The van der Waals surface area contributed by atoms with Gasteiger partial charge < -0.3 is 24.4 Å². The van der Waals surface area contributed by atoms with Gasteiger partial charge in [-0.25, -0.2) is 0 Å². The first-order valence-electron chi connectivity index (χ1n) is 9.54. The molecule has 2 heterocycles. The largest absolute Gasteiger partial charge is 0.378 e. The maximum Gasteiger partial charge on any atom is 0.243 e. The Hall–Kier alpha value is -2.59. The fraction of sp³-hybridized carbons (Fsp3) is 0.474. The van der Waals surface area contributed by atoms with Crippen molar-refractivity contribution in [1.82, 2.24) is 19.7 Å². The van der Waals surface area contributed by atoms with Gasteiger partial charge in [-0.15, -0.1) is 10.2 Å². The molecule has 0 atom stereocenters. The average molecular weight is 419 g/mol. The van der Waals surface area contributed by atoms with E-state index >= 15 is 0 Å². The molecule has 1 fully saturated rings. The molecular weight excluding hydrogens is 392 g/mol. The van der Waals surface area contributed by atoms with E-state index in [2.05, 4.69) is 20.4 Å². The number of amides is 2. The molecule has 0 spiro atoms. The number of aryl methyl sites for hydroxylation is 1. The van der Waals surface area contributed by atoms with Crippen molar-refractivity contribution in [1.29, 1.82) is 0 Å². The predicted octanol–water partition coefficient (Wildman–Crippen LogP) is 1.32. The van der Waals surface area contributed by atoms with E-state index < -0.39 is 0 Å². The summed E-state index contributed by atoms with van der Waals surface area (Å²) in [6, 6.07) is 7.71. The smallest absolute Gasteiger partial charge is 0.243 e. The Bertz CT molecular complexity index is 820. The molecule has 0 radical (unpaired) electrons. The molecule has 1 aromatic heterocycles. The molecule has 1 aliphatic heterocycles. The molecule has 1 aliphatic rings. The van der Waals surface area contributed by atoms with Crippen LogP contribution in [0.2, 0.25) is 0 Å². The van der Waals surface area contributed by atoms with Crippen LogP contribution in [0.4, 0.5) is 11.4 Å². The highest BCUT2D eigenvalue weighted by atomic mass is 32.2. The number of ether oxygens (including phenoxy) is 1. The average Bonchev–Trinajstić information content (AvgIpc) is 3.20. The standard InChI is InChI=1S/C19H26N6O3S/c1-3-24-14-20-22-19(24)29-13-18(27)23(2)12-17(26)21-15-4-6-16(7-5-15)25-8-10-28-11-9-25/h4-7,14H,3,8-13H2,1-2H3,(H,21,26). The molecule has 1 saturated heterocycles. The van der Waals surface area contributed by atoms with Gasteiger partial charge in [0.1, 0.15) is 6.33 Å². The Morgan fingerprint density at radius 1 is 1.24 bits per heavy atom. The minimum absolute atomic E-state index is 0.00885. The van der Waals surface area contributed by atoms with Crippen LogP contribution in [0, 0.1) is 0 Å². The summed E-state index contributed by atoms with van der Waals surface area (Å²) in [5.74, 6) is -0.170. The lowest BCUT2D eigenvalue weighted by atomic mass is 10.2. The van der Waals surface area contributed by atoms with Crippen LogP contribution in [0.15, 0.2) is 35.7 Å². The molecule has 2 aromatic rings. The molecule has 10 heteroatoms. The molecule has 0 saturated carbocycles. The highest BCUT2D eigenvalue weighted by molar-refractivity contribution is 7.99. The van der Waals surface area contributed by atoms with Crippen LogP contribution in [0.25, 0.3) is 0 Å². The van der Waals surface area contributed by atoms with Crippen molar-refractivity contribution < 1.29 is 14.3 Å². The normalized spacial score (nSPS) is 13.9. The van der Waals surface area contributed by atoms with Crippen molar-refractivity contribution in [3.05, 3.63) is 30.6 Å². The zero-order valence-corrected chi connectivity index (χ0v) is 17.5. The number of hydrogen-bond donors (Lipinski definition) is 1. The van der Waals surface area contributed by atoms with Crippen molar-refractivity contribution in [3.63, 3.8) is 0 Å². The van der Waals surface area contributed by atoms with Crippen molar-refractivity contribution >= 4 is 35.0 Å². The van der Waals surface area contributed by atoms with E-state index in [1.807, 2.05) is 35.8 Å². The zero-order valence-electron chi connectivity index (χ0n) is 16.7. The van der Waals surface area contributed by atoms with E-state index in [4.69, 9.17) is 4.74 Å². The molecule has 0 bridgehead atoms. The number of thioether (sulfide) groups is 1. The lowest BCUT2D eigenvalue weighted by Gasteiger charge is -2.28. The van der Waals surface area contributed by atoms with Crippen LogP contribution in [0.3, 0.4) is 0 Å². The number of benzene rings is 1. The minimum atomic E-state index is -0.235. The summed E-state index contributed by atoms with van der Waals surface area (Å²) >= 11 is 1.31. The summed E-state index contributed by atoms with van der Waals surface area (Å²) in [4.78, 5) is 28.2. The number of morpholine rings is 1. The lowest BCUT2D eigenvalue weighted by Crippen LogP contribution is -2.36. The van der Waals surface area contributed by atoms with Gasteiger partial charge in [0.15, 0.2) is 5.16 Å². The molecule has 2 amide bonds. The van der Waals surface area contributed by atoms with E-state index in [0.717, 1.165) is 38.5 Å². The monoisotopic (exact) mass is 418 g/mol. The van der Waals surface area contributed by atoms with Gasteiger partial charge in [0.2, 0.25) is 11.8 Å². The van der Waals surface area contributed by atoms with E-state index in [-0.39, 0.29) is 24.1 Å². The molecule has 156 valence electrons. The first-order chi connectivity index (χ1) is 14.1. The number of likely N-dealkylation sites (N-methyl/N-ethyl adjacent to an activating group) is 1. The number of hydrogen-bond acceptors (Lipinski definition) is 7. The maximum absolute atomic E-state index is 12.3. The van der Waals surface area contributed by atoms with Gasteiger partial charge in [-0.05, 0) is 31.2 Å². The number of carbonyl (C=O) groups is 2. The SMILES string of the molecule is CCn1cnnc1SCC(=O)N(C)CC(=O)Nc1ccc(N2CCOCC2)cc1. The fourth-order valence-corrected chi connectivity index (χ4v) is 3.81. The third kappa shape index (κ3) is 5.94. The number of nitrogens with zero attached hydrogens (tertiary/aromatic N) is 5. The van der Waals surface area contributed by atoms with Crippen molar-refractivity contribution in [2.75, 3.05) is 55.9 Å². The van der Waals surface area contributed by atoms with Gasteiger partial charge in [0.05, 0.1) is 25.5 Å². The second-order valence-electron chi connectivity index (χ2n) is 6.63. The third-order valence-electron chi connectivity index (χ3n) is 4.58. The first kappa shape index (κ1) is 21.1. The number of anilines is 2. The molecule has 0 unspecified atom stereocenters. The number of carbonyl (C=O) groups excluding carboxylic acids is 2. The number of rotatable bonds is 8. The summed E-state index contributed by atoms with van der Waals surface area (Å²) in [6.45, 7) is 5.91. The lowest BCUT2D eigenvalue weighted by molar-refractivity contribution is -0.131. The highest BCUT2D eigenvalue weighted by Crippen LogP contribution is 2.19. The van der Waals surface area contributed by atoms with E-state index in [9.17, 15) is 9.59 Å². The number of nitrogens with one attached hydrogen (secondary N) is 1. The topological polar surface area (TPSA) is 92.6 Å². The summed E-state index contributed by atoms with van der Waals surface area (Å²) in [5, 5.41) is 11.4. The van der Waals surface area contributed by atoms with Crippen LogP contribution in [-0.2, 0) is 20.9 Å². The van der Waals surface area contributed by atoms with Crippen molar-refractivity contribution in [2.45, 2.75) is 18.6 Å². The van der Waals surface area contributed by atoms with Gasteiger partial charge in [0.25, 0.3) is 0 Å². The van der Waals surface area contributed by atoms with E-state index in [1.165, 1.54) is 16.7 Å². The summed E-state index contributed by atoms with van der Waals surface area (Å²) in [6.07, 6.45) is 1.63. The Morgan fingerprint density at radius 2 is 1.97 bits per heavy atom.